The molecule has 0 atom stereocenters. The Balaban J connectivity index is 2.71. The van der Waals surface area contributed by atoms with Gasteiger partial charge < -0.3 is 8.83 Å². The molecular weight excluding hydrogens is 216 g/mol. The van der Waals surface area contributed by atoms with Crippen LogP contribution in [-0.4, -0.2) is 0 Å². The van der Waals surface area contributed by atoms with Crippen molar-refractivity contribution < 1.29 is 8.83 Å². The predicted octanol–water partition coefficient (Wildman–Crippen LogP) is 3.46. The summed E-state index contributed by atoms with van der Waals surface area (Å²) < 4.78 is 10.8. The van der Waals surface area contributed by atoms with E-state index in [4.69, 9.17) is 8.83 Å². The van der Waals surface area contributed by atoms with Crippen LogP contribution in [0.4, 0.5) is 0 Å². The van der Waals surface area contributed by atoms with Gasteiger partial charge in [-0.3, -0.25) is 0 Å². The van der Waals surface area contributed by atoms with Gasteiger partial charge in [0.25, 0.3) is 0 Å². The Morgan fingerprint density at radius 2 is 1.88 bits per heavy atom. The van der Waals surface area contributed by atoms with Crippen LogP contribution in [0.25, 0.3) is 21.9 Å². The minimum atomic E-state index is -0.275. The number of rotatable bonds is 0. The second-order valence-corrected chi connectivity index (χ2v) is 4.37. The SMILES string of the molecule is Cc1c(C)c2c(C)cc3occc3c2oc1=O. The summed E-state index contributed by atoms with van der Waals surface area (Å²) in [4.78, 5) is 11.7. The van der Waals surface area contributed by atoms with Crippen LogP contribution < -0.4 is 5.63 Å². The third kappa shape index (κ3) is 1.25. The highest BCUT2D eigenvalue weighted by Crippen LogP contribution is 2.31. The van der Waals surface area contributed by atoms with Gasteiger partial charge in [-0.25, -0.2) is 4.79 Å². The van der Waals surface area contributed by atoms with E-state index in [0.29, 0.717) is 11.1 Å². The molecule has 0 bridgehead atoms. The van der Waals surface area contributed by atoms with Gasteiger partial charge in [0.2, 0.25) is 0 Å². The molecule has 3 aromatic rings. The first kappa shape index (κ1) is 10.1. The lowest BCUT2D eigenvalue weighted by Crippen LogP contribution is -2.06. The van der Waals surface area contributed by atoms with Crippen LogP contribution in [0.1, 0.15) is 16.7 Å². The zero-order chi connectivity index (χ0) is 12.2. The lowest BCUT2D eigenvalue weighted by molar-refractivity contribution is 0.556. The van der Waals surface area contributed by atoms with Gasteiger partial charge in [0.15, 0.2) is 0 Å². The van der Waals surface area contributed by atoms with E-state index in [1.54, 1.807) is 13.2 Å². The van der Waals surface area contributed by atoms with Crippen molar-refractivity contribution >= 4 is 21.9 Å². The Labute approximate surface area is 97.7 Å². The standard InChI is InChI=1S/C14H12O3/c1-7-6-11-10(4-5-16-11)13-12(7)8(2)9(3)14(15)17-13/h4-6H,1-3H3. The normalized spacial score (nSPS) is 11.5. The second-order valence-electron chi connectivity index (χ2n) is 4.37. The Kier molecular flexibility index (Phi) is 1.93. The first-order valence-corrected chi connectivity index (χ1v) is 5.50. The molecule has 0 aliphatic carbocycles. The minimum absolute atomic E-state index is 0.275. The van der Waals surface area contributed by atoms with E-state index < -0.39 is 0 Å². The van der Waals surface area contributed by atoms with Gasteiger partial charge in [0.05, 0.1) is 11.6 Å². The monoisotopic (exact) mass is 228 g/mol. The molecular formula is C14H12O3. The molecule has 17 heavy (non-hydrogen) atoms. The molecule has 0 spiro atoms. The van der Waals surface area contributed by atoms with Crippen molar-refractivity contribution in [1.82, 2.24) is 0 Å². The highest BCUT2D eigenvalue weighted by Gasteiger charge is 2.14. The van der Waals surface area contributed by atoms with E-state index in [2.05, 4.69) is 0 Å². The molecule has 0 N–H and O–H groups in total. The van der Waals surface area contributed by atoms with Gasteiger partial charge in [-0.05, 0) is 44.0 Å². The summed E-state index contributed by atoms with van der Waals surface area (Å²) in [6.45, 7) is 5.74. The van der Waals surface area contributed by atoms with Crippen molar-refractivity contribution in [2.75, 3.05) is 0 Å². The van der Waals surface area contributed by atoms with E-state index >= 15 is 0 Å². The van der Waals surface area contributed by atoms with Gasteiger partial charge >= 0.3 is 5.63 Å². The molecule has 3 heteroatoms. The zero-order valence-corrected chi connectivity index (χ0v) is 9.96. The minimum Gasteiger partial charge on any atom is -0.464 e. The molecule has 0 saturated heterocycles. The van der Waals surface area contributed by atoms with Crippen molar-refractivity contribution in [3.05, 3.63) is 45.5 Å². The lowest BCUT2D eigenvalue weighted by atomic mass is 10.0. The largest absolute Gasteiger partial charge is 0.464 e. The molecule has 0 fully saturated rings. The Hall–Kier alpha value is -2.03. The summed E-state index contributed by atoms with van der Waals surface area (Å²) >= 11 is 0. The quantitative estimate of drug-likeness (QED) is 0.553. The van der Waals surface area contributed by atoms with Crippen LogP contribution in [-0.2, 0) is 0 Å². The van der Waals surface area contributed by atoms with Gasteiger partial charge in [0, 0.05) is 10.9 Å². The maximum Gasteiger partial charge on any atom is 0.339 e. The first-order chi connectivity index (χ1) is 8.09. The first-order valence-electron chi connectivity index (χ1n) is 5.50. The van der Waals surface area contributed by atoms with Crippen LogP contribution in [0, 0.1) is 20.8 Å². The van der Waals surface area contributed by atoms with Crippen LogP contribution >= 0.6 is 0 Å². The van der Waals surface area contributed by atoms with E-state index in [1.807, 2.05) is 26.0 Å². The molecule has 3 rings (SSSR count). The summed E-state index contributed by atoms with van der Waals surface area (Å²) in [7, 11) is 0. The molecule has 1 aromatic carbocycles. The van der Waals surface area contributed by atoms with Crippen LogP contribution in [0.5, 0.6) is 0 Å². The lowest BCUT2D eigenvalue weighted by Gasteiger charge is -2.07. The van der Waals surface area contributed by atoms with Gasteiger partial charge in [-0.2, -0.15) is 0 Å². The van der Waals surface area contributed by atoms with Crippen molar-refractivity contribution in [1.29, 1.82) is 0 Å². The zero-order valence-electron chi connectivity index (χ0n) is 9.96. The fourth-order valence-electron chi connectivity index (χ4n) is 2.28. The van der Waals surface area contributed by atoms with Crippen molar-refractivity contribution in [3.8, 4) is 0 Å². The number of fused-ring (bicyclic) bond motifs is 3. The summed E-state index contributed by atoms with van der Waals surface area (Å²) in [6.07, 6.45) is 1.61. The number of hydrogen-bond acceptors (Lipinski definition) is 3. The molecule has 86 valence electrons. The third-order valence-corrected chi connectivity index (χ3v) is 3.35. The molecule has 0 saturated carbocycles. The van der Waals surface area contributed by atoms with Crippen molar-refractivity contribution in [2.45, 2.75) is 20.8 Å². The molecule has 0 amide bonds. The number of aryl methyl sites for hydroxylation is 2. The van der Waals surface area contributed by atoms with E-state index in [9.17, 15) is 4.79 Å². The van der Waals surface area contributed by atoms with Gasteiger partial charge in [-0.1, -0.05) is 0 Å². The van der Waals surface area contributed by atoms with Crippen LogP contribution in [0.2, 0.25) is 0 Å². The Morgan fingerprint density at radius 3 is 2.65 bits per heavy atom. The molecule has 0 aliphatic rings. The second kappa shape index (κ2) is 3.23. The number of hydrogen-bond donors (Lipinski definition) is 0. The Bertz CT molecular complexity index is 790. The van der Waals surface area contributed by atoms with Gasteiger partial charge in [-0.15, -0.1) is 0 Å². The maximum absolute atomic E-state index is 11.7. The predicted molar refractivity (Wildman–Crippen MR) is 66.5 cm³/mol. The molecule has 0 aliphatic heterocycles. The molecule has 0 radical (unpaired) electrons. The van der Waals surface area contributed by atoms with Crippen molar-refractivity contribution in [3.63, 3.8) is 0 Å². The highest BCUT2D eigenvalue weighted by molar-refractivity contribution is 6.04. The summed E-state index contributed by atoms with van der Waals surface area (Å²) in [5.74, 6) is 0. The van der Waals surface area contributed by atoms with E-state index in [1.165, 1.54) is 0 Å². The third-order valence-electron chi connectivity index (χ3n) is 3.35. The fourth-order valence-corrected chi connectivity index (χ4v) is 2.28. The average molecular weight is 228 g/mol. The molecule has 2 aromatic heterocycles. The molecule has 2 heterocycles. The van der Waals surface area contributed by atoms with Crippen LogP contribution in [0.3, 0.4) is 0 Å². The van der Waals surface area contributed by atoms with E-state index in [0.717, 1.165) is 27.5 Å². The summed E-state index contributed by atoms with van der Waals surface area (Å²) in [5, 5.41) is 1.86. The smallest absolute Gasteiger partial charge is 0.339 e. The van der Waals surface area contributed by atoms with Crippen LogP contribution in [0.15, 0.2) is 32.0 Å². The summed E-state index contributed by atoms with van der Waals surface area (Å²) in [5.41, 5.74) is 3.82. The van der Waals surface area contributed by atoms with Gasteiger partial charge in [0.1, 0.15) is 11.2 Å². The fraction of sp³-hybridized carbons (Fsp3) is 0.214. The topological polar surface area (TPSA) is 43.4 Å². The molecule has 3 nitrogen and oxygen atoms in total. The van der Waals surface area contributed by atoms with E-state index in [-0.39, 0.29) is 5.63 Å². The average Bonchev–Trinajstić information content (AvgIpc) is 2.73. The number of benzene rings is 1. The Morgan fingerprint density at radius 1 is 1.12 bits per heavy atom. The maximum atomic E-state index is 11.7. The highest BCUT2D eigenvalue weighted by atomic mass is 16.4. The summed E-state index contributed by atoms with van der Waals surface area (Å²) in [6, 6.07) is 3.80. The van der Waals surface area contributed by atoms with Crippen molar-refractivity contribution in [2.24, 2.45) is 0 Å². The number of furan rings is 1. The molecule has 0 unspecified atom stereocenters.